The topological polar surface area (TPSA) is 56.8 Å². The molecular weight excluding hydrogens is 334 g/mol. The van der Waals surface area contributed by atoms with Crippen molar-refractivity contribution in [2.45, 2.75) is 12.4 Å². The maximum Gasteiger partial charge on any atom is 0.540 e. The third-order valence-corrected chi connectivity index (χ3v) is 2.97. The average Bonchev–Trinajstić information content (AvgIpc) is 2.47. The molecular formula is C15H9F4NO4. The lowest BCUT2D eigenvalue weighted by molar-refractivity contribution is -0.461. The van der Waals surface area contributed by atoms with Crippen LogP contribution in [-0.2, 0) is 10.8 Å². The molecule has 0 bridgehead atoms. The second-order valence-corrected chi connectivity index (χ2v) is 4.72. The quantitative estimate of drug-likeness (QED) is 0.826. The van der Waals surface area contributed by atoms with E-state index in [2.05, 4.69) is 14.8 Å². The molecule has 0 saturated carbocycles. The molecule has 1 amide bonds. The zero-order valence-corrected chi connectivity index (χ0v) is 11.8. The zero-order valence-electron chi connectivity index (χ0n) is 11.8. The van der Waals surface area contributed by atoms with Crippen molar-refractivity contribution in [2.24, 2.45) is 0 Å². The molecule has 1 aliphatic heterocycles. The van der Waals surface area contributed by atoms with E-state index in [1.807, 2.05) is 0 Å². The van der Waals surface area contributed by atoms with Gasteiger partial charge in [0.1, 0.15) is 11.5 Å². The Balaban J connectivity index is 1.78. The van der Waals surface area contributed by atoms with E-state index >= 15 is 0 Å². The molecule has 2 aromatic rings. The van der Waals surface area contributed by atoms with Crippen molar-refractivity contribution in [1.29, 1.82) is 0 Å². The number of nitrogens with one attached hydrogen (secondary N) is 1. The molecule has 1 N–H and O–H groups in total. The smallest absolute Gasteiger partial charge is 0.410 e. The molecule has 0 aliphatic carbocycles. The third-order valence-electron chi connectivity index (χ3n) is 2.97. The molecule has 9 heteroatoms. The van der Waals surface area contributed by atoms with Crippen LogP contribution in [0.2, 0.25) is 0 Å². The van der Waals surface area contributed by atoms with Crippen LogP contribution in [-0.4, -0.2) is 12.4 Å². The van der Waals surface area contributed by atoms with Gasteiger partial charge in [0, 0.05) is 5.69 Å². The summed E-state index contributed by atoms with van der Waals surface area (Å²) in [5, 5.41) is 2.21. The fourth-order valence-corrected chi connectivity index (χ4v) is 2.02. The maximum absolute atomic E-state index is 13.6. The van der Waals surface area contributed by atoms with Gasteiger partial charge in [0.05, 0.1) is 5.56 Å². The standard InChI is InChI=1S/C15H9F4NO4/c16-14(17)11-8-9(6-7-12(11)23-15(18,19)24-14)20-13(21)22-10-4-2-1-3-5-10/h1-8H,(H,20,21). The van der Waals surface area contributed by atoms with Crippen LogP contribution in [0.5, 0.6) is 11.5 Å². The van der Waals surface area contributed by atoms with Crippen LogP contribution in [0.1, 0.15) is 5.56 Å². The summed E-state index contributed by atoms with van der Waals surface area (Å²) in [5.41, 5.74) is -1.04. The van der Waals surface area contributed by atoms with Gasteiger partial charge < -0.3 is 9.47 Å². The van der Waals surface area contributed by atoms with Gasteiger partial charge in [-0.3, -0.25) is 5.32 Å². The van der Waals surface area contributed by atoms with E-state index in [9.17, 15) is 22.4 Å². The number of anilines is 1. The molecule has 1 aliphatic rings. The van der Waals surface area contributed by atoms with Crippen molar-refractivity contribution in [3.05, 3.63) is 54.1 Å². The summed E-state index contributed by atoms with van der Waals surface area (Å²) >= 11 is 0. The number of para-hydroxylation sites is 1. The molecule has 0 radical (unpaired) electrons. The Bertz CT molecular complexity index is 767. The predicted molar refractivity (Wildman–Crippen MR) is 73.1 cm³/mol. The maximum atomic E-state index is 13.6. The van der Waals surface area contributed by atoms with E-state index < -0.39 is 29.8 Å². The second-order valence-electron chi connectivity index (χ2n) is 4.72. The normalized spacial score (nSPS) is 17.3. The molecule has 0 aromatic heterocycles. The Kier molecular flexibility index (Phi) is 3.80. The van der Waals surface area contributed by atoms with Gasteiger partial charge in [-0.15, -0.1) is 8.78 Å². The molecule has 0 saturated heterocycles. The first-order valence-electron chi connectivity index (χ1n) is 6.58. The van der Waals surface area contributed by atoms with Gasteiger partial charge in [0.2, 0.25) is 0 Å². The first-order chi connectivity index (χ1) is 11.3. The number of ether oxygens (including phenoxy) is 3. The molecule has 2 aromatic carbocycles. The summed E-state index contributed by atoms with van der Waals surface area (Å²) in [6.45, 7) is 0. The van der Waals surface area contributed by atoms with E-state index in [4.69, 9.17) is 4.74 Å². The zero-order chi connectivity index (χ0) is 17.4. The fraction of sp³-hybridized carbons (Fsp3) is 0.133. The number of amides is 1. The molecule has 0 unspecified atom stereocenters. The Labute approximate surface area is 132 Å². The molecule has 24 heavy (non-hydrogen) atoms. The molecule has 0 fully saturated rings. The van der Waals surface area contributed by atoms with Crippen molar-refractivity contribution in [3.63, 3.8) is 0 Å². The number of fused-ring (bicyclic) bond motifs is 1. The summed E-state index contributed by atoms with van der Waals surface area (Å²) in [6, 6.07) is 10.8. The van der Waals surface area contributed by atoms with Gasteiger partial charge in [-0.2, -0.15) is 8.78 Å². The van der Waals surface area contributed by atoms with Crippen LogP contribution in [0.15, 0.2) is 48.5 Å². The lowest BCUT2D eigenvalue weighted by atomic mass is 10.1. The number of benzene rings is 2. The van der Waals surface area contributed by atoms with Gasteiger partial charge in [-0.05, 0) is 30.3 Å². The first-order valence-corrected chi connectivity index (χ1v) is 6.58. The minimum Gasteiger partial charge on any atom is -0.410 e. The van der Waals surface area contributed by atoms with E-state index in [0.29, 0.717) is 0 Å². The van der Waals surface area contributed by atoms with Crippen LogP contribution < -0.4 is 14.8 Å². The van der Waals surface area contributed by atoms with E-state index in [-0.39, 0.29) is 11.4 Å². The average molecular weight is 343 g/mol. The third kappa shape index (κ3) is 3.40. The van der Waals surface area contributed by atoms with Gasteiger partial charge in [0.25, 0.3) is 0 Å². The van der Waals surface area contributed by atoms with Gasteiger partial charge in [-0.1, -0.05) is 18.2 Å². The van der Waals surface area contributed by atoms with E-state index in [1.165, 1.54) is 12.1 Å². The SMILES string of the molecule is O=C(Nc1ccc2c(c1)C(F)(F)OC(F)(F)O2)Oc1ccccc1. The summed E-state index contributed by atoms with van der Waals surface area (Å²) < 4.78 is 65.4. The highest BCUT2D eigenvalue weighted by atomic mass is 19.3. The Morgan fingerprint density at radius 2 is 1.75 bits per heavy atom. The monoisotopic (exact) mass is 343 g/mol. The van der Waals surface area contributed by atoms with Crippen molar-refractivity contribution in [2.75, 3.05) is 5.32 Å². The van der Waals surface area contributed by atoms with Gasteiger partial charge in [-0.25, -0.2) is 9.53 Å². The van der Waals surface area contributed by atoms with Crippen LogP contribution in [0.25, 0.3) is 0 Å². The van der Waals surface area contributed by atoms with Crippen LogP contribution >= 0.6 is 0 Å². The minimum atomic E-state index is -4.45. The van der Waals surface area contributed by atoms with Gasteiger partial charge >= 0.3 is 18.5 Å². The van der Waals surface area contributed by atoms with Crippen molar-refractivity contribution < 1.29 is 36.6 Å². The lowest BCUT2D eigenvalue weighted by Gasteiger charge is -2.30. The van der Waals surface area contributed by atoms with Crippen molar-refractivity contribution in [3.8, 4) is 11.5 Å². The summed E-state index contributed by atoms with van der Waals surface area (Å²) in [7, 11) is 0. The summed E-state index contributed by atoms with van der Waals surface area (Å²) in [6.07, 6.45) is -9.66. The number of hydrogen-bond donors (Lipinski definition) is 1. The second kappa shape index (κ2) is 5.68. The highest BCUT2D eigenvalue weighted by molar-refractivity contribution is 5.86. The molecule has 126 valence electrons. The van der Waals surface area contributed by atoms with E-state index in [0.717, 1.165) is 18.2 Å². The number of alkyl halides is 4. The molecule has 3 rings (SSSR count). The largest absolute Gasteiger partial charge is 0.540 e. The number of carbonyl (C=O) groups is 1. The van der Waals surface area contributed by atoms with Crippen molar-refractivity contribution in [1.82, 2.24) is 0 Å². The number of rotatable bonds is 2. The molecule has 1 heterocycles. The van der Waals surface area contributed by atoms with Crippen LogP contribution in [0.3, 0.4) is 0 Å². The van der Waals surface area contributed by atoms with Crippen LogP contribution in [0.4, 0.5) is 28.0 Å². The van der Waals surface area contributed by atoms with E-state index in [1.54, 1.807) is 18.2 Å². The van der Waals surface area contributed by atoms with Crippen LogP contribution in [0, 0.1) is 0 Å². The molecule has 0 spiro atoms. The predicted octanol–water partition coefficient (Wildman–Crippen LogP) is 4.31. The Morgan fingerprint density at radius 1 is 1.04 bits per heavy atom. The number of carbonyl (C=O) groups excluding carboxylic acids is 1. The summed E-state index contributed by atoms with van der Waals surface area (Å²) in [4.78, 5) is 11.7. The minimum absolute atomic E-state index is 0.105. The van der Waals surface area contributed by atoms with Gasteiger partial charge in [0.15, 0.2) is 0 Å². The molecule has 0 atom stereocenters. The Hall–Kier alpha value is -2.81. The summed E-state index contributed by atoms with van der Waals surface area (Å²) in [5.74, 6) is -0.511. The first kappa shape index (κ1) is 16.1. The fourth-order valence-electron chi connectivity index (χ4n) is 2.02. The highest BCUT2D eigenvalue weighted by Gasteiger charge is 2.54. The number of hydrogen-bond acceptors (Lipinski definition) is 4. The molecule has 5 nitrogen and oxygen atoms in total. The lowest BCUT2D eigenvalue weighted by Crippen LogP contribution is -2.41. The van der Waals surface area contributed by atoms with Crippen molar-refractivity contribution >= 4 is 11.8 Å². The number of halogens is 4. The highest BCUT2D eigenvalue weighted by Crippen LogP contribution is 2.46. The Morgan fingerprint density at radius 3 is 2.46 bits per heavy atom.